The summed E-state index contributed by atoms with van der Waals surface area (Å²) in [5.74, 6) is -0.330. The van der Waals surface area contributed by atoms with Crippen LogP contribution < -0.4 is 5.32 Å². The number of hydrogen-bond acceptors (Lipinski definition) is 3. The van der Waals surface area contributed by atoms with Gasteiger partial charge in [0.2, 0.25) is 0 Å². The van der Waals surface area contributed by atoms with Crippen LogP contribution in [0.2, 0.25) is 0 Å². The molecule has 1 N–H and O–H groups in total. The molecule has 2 heterocycles. The molecule has 0 spiro atoms. The molecule has 25 heavy (non-hydrogen) atoms. The molecule has 0 radical (unpaired) electrons. The zero-order valence-corrected chi connectivity index (χ0v) is 16.4. The van der Waals surface area contributed by atoms with Gasteiger partial charge in [-0.05, 0) is 44.8 Å². The monoisotopic (exact) mass is 469 g/mol. The van der Waals surface area contributed by atoms with Crippen molar-refractivity contribution < 1.29 is 9.18 Å². The molecule has 0 aliphatic heterocycles. The lowest BCUT2D eigenvalue weighted by Crippen LogP contribution is -2.15. The van der Waals surface area contributed by atoms with Gasteiger partial charge in [-0.3, -0.25) is 14.2 Å². The molecule has 0 saturated carbocycles. The first kappa shape index (κ1) is 17.8. The van der Waals surface area contributed by atoms with Gasteiger partial charge in [-0.1, -0.05) is 18.2 Å². The Bertz CT molecular complexity index is 921. The fourth-order valence-electron chi connectivity index (χ4n) is 2.24. The van der Waals surface area contributed by atoms with E-state index >= 15 is 0 Å². The molecule has 0 fully saturated rings. The summed E-state index contributed by atoms with van der Waals surface area (Å²) in [7, 11) is 0. The Balaban J connectivity index is 1.77. The quantitative estimate of drug-likeness (QED) is 0.611. The van der Waals surface area contributed by atoms with Crippen LogP contribution in [0.5, 0.6) is 0 Å². The van der Waals surface area contributed by atoms with Crippen LogP contribution in [0.4, 0.5) is 10.2 Å². The number of anilines is 1. The summed E-state index contributed by atoms with van der Waals surface area (Å²) in [5, 5.41) is 11.2. The highest BCUT2D eigenvalue weighted by Crippen LogP contribution is 2.23. The van der Waals surface area contributed by atoms with E-state index in [-0.39, 0.29) is 24.0 Å². The Morgan fingerprint density at radius 3 is 2.56 bits per heavy atom. The summed E-state index contributed by atoms with van der Waals surface area (Å²) >= 11 is 6.68. The van der Waals surface area contributed by atoms with Crippen molar-refractivity contribution in [3.8, 4) is 0 Å². The van der Waals surface area contributed by atoms with Gasteiger partial charge >= 0.3 is 0 Å². The molecule has 3 aromatic rings. The van der Waals surface area contributed by atoms with Crippen LogP contribution in [0.15, 0.2) is 45.6 Å². The van der Waals surface area contributed by atoms with E-state index in [1.807, 2.05) is 6.92 Å². The summed E-state index contributed by atoms with van der Waals surface area (Å²) in [6, 6.07) is 6.49. The fraction of sp³-hybridized carbons (Fsp3) is 0.188. The maximum absolute atomic E-state index is 13.8. The molecule has 9 heteroatoms. The molecule has 130 valence electrons. The van der Waals surface area contributed by atoms with Crippen LogP contribution in [0.1, 0.15) is 23.0 Å². The lowest BCUT2D eigenvalue weighted by Gasteiger charge is -2.03. The summed E-state index contributed by atoms with van der Waals surface area (Å²) in [6.45, 7) is 2.85. The van der Waals surface area contributed by atoms with Gasteiger partial charge in [0.1, 0.15) is 5.82 Å². The Hall–Kier alpha value is -2.00. The summed E-state index contributed by atoms with van der Waals surface area (Å²) < 4.78 is 18.2. The number of hydrogen-bond donors (Lipinski definition) is 1. The van der Waals surface area contributed by atoms with E-state index in [1.165, 1.54) is 6.07 Å². The summed E-state index contributed by atoms with van der Waals surface area (Å²) in [5.41, 5.74) is 0.789. The van der Waals surface area contributed by atoms with Gasteiger partial charge in [0.15, 0.2) is 11.5 Å². The second-order valence-corrected chi connectivity index (χ2v) is 6.96. The SMILES string of the molecule is CCn1cc(Br)c(C(=O)Nc2nn(Cc3ccccc3F)cc2Br)n1. The van der Waals surface area contributed by atoms with Gasteiger partial charge < -0.3 is 5.32 Å². The third-order valence-electron chi connectivity index (χ3n) is 3.50. The van der Waals surface area contributed by atoms with E-state index < -0.39 is 0 Å². The van der Waals surface area contributed by atoms with E-state index in [4.69, 9.17) is 0 Å². The van der Waals surface area contributed by atoms with Crippen molar-refractivity contribution in [3.05, 3.63) is 62.7 Å². The zero-order chi connectivity index (χ0) is 18.0. The molecule has 0 aliphatic carbocycles. The van der Waals surface area contributed by atoms with Crippen LogP contribution in [-0.4, -0.2) is 25.5 Å². The minimum absolute atomic E-state index is 0.259. The van der Waals surface area contributed by atoms with Crippen molar-refractivity contribution in [2.45, 2.75) is 20.0 Å². The van der Waals surface area contributed by atoms with Crippen LogP contribution in [-0.2, 0) is 13.1 Å². The molecule has 0 atom stereocenters. The van der Waals surface area contributed by atoms with Crippen molar-refractivity contribution in [2.75, 3.05) is 5.32 Å². The molecular weight excluding hydrogens is 457 g/mol. The molecule has 0 unspecified atom stereocenters. The predicted molar refractivity (Wildman–Crippen MR) is 99.0 cm³/mol. The van der Waals surface area contributed by atoms with E-state index in [0.29, 0.717) is 26.9 Å². The number of nitrogens with one attached hydrogen (secondary N) is 1. The average molecular weight is 471 g/mol. The van der Waals surface area contributed by atoms with Gasteiger partial charge in [-0.25, -0.2) is 4.39 Å². The number of amides is 1. The highest BCUT2D eigenvalue weighted by molar-refractivity contribution is 9.11. The number of carbonyl (C=O) groups is 1. The lowest BCUT2D eigenvalue weighted by atomic mass is 10.2. The normalized spacial score (nSPS) is 10.9. The van der Waals surface area contributed by atoms with Gasteiger partial charge in [0.05, 0.1) is 15.5 Å². The Kier molecular flexibility index (Phi) is 5.33. The number of carbonyl (C=O) groups excluding carboxylic acids is 1. The molecular formula is C16H14Br2FN5O. The minimum Gasteiger partial charge on any atom is -0.303 e. The smallest absolute Gasteiger partial charge is 0.278 e. The van der Waals surface area contributed by atoms with Gasteiger partial charge in [-0.2, -0.15) is 10.2 Å². The van der Waals surface area contributed by atoms with E-state index in [9.17, 15) is 9.18 Å². The van der Waals surface area contributed by atoms with Crippen molar-refractivity contribution in [1.29, 1.82) is 0 Å². The highest BCUT2D eigenvalue weighted by Gasteiger charge is 2.18. The summed E-state index contributed by atoms with van der Waals surface area (Å²) in [6.07, 6.45) is 3.42. The van der Waals surface area contributed by atoms with Crippen LogP contribution in [0.25, 0.3) is 0 Å². The molecule has 0 saturated heterocycles. The van der Waals surface area contributed by atoms with Crippen LogP contribution >= 0.6 is 31.9 Å². The number of benzene rings is 1. The molecule has 1 amide bonds. The largest absolute Gasteiger partial charge is 0.303 e. The Morgan fingerprint density at radius 2 is 1.88 bits per heavy atom. The van der Waals surface area contributed by atoms with Crippen molar-refractivity contribution >= 4 is 43.6 Å². The first-order valence-corrected chi connectivity index (χ1v) is 9.07. The number of aromatic nitrogens is 4. The summed E-state index contributed by atoms with van der Waals surface area (Å²) in [4.78, 5) is 12.4. The number of halogens is 3. The van der Waals surface area contributed by atoms with Crippen molar-refractivity contribution in [3.63, 3.8) is 0 Å². The van der Waals surface area contributed by atoms with Gasteiger partial charge in [-0.15, -0.1) is 0 Å². The average Bonchev–Trinajstić information content (AvgIpc) is 3.12. The molecule has 0 aliphatic rings. The topological polar surface area (TPSA) is 64.7 Å². The fourth-order valence-corrected chi connectivity index (χ4v) is 3.15. The maximum atomic E-state index is 13.8. The molecule has 1 aromatic carbocycles. The van der Waals surface area contributed by atoms with Gasteiger partial charge in [0, 0.05) is 24.5 Å². The maximum Gasteiger partial charge on any atom is 0.278 e. The first-order chi connectivity index (χ1) is 12.0. The molecule has 6 nitrogen and oxygen atoms in total. The second-order valence-electron chi connectivity index (χ2n) is 5.25. The Labute approximate surface area is 160 Å². The number of nitrogens with zero attached hydrogens (tertiary/aromatic N) is 4. The first-order valence-electron chi connectivity index (χ1n) is 7.48. The van der Waals surface area contributed by atoms with E-state index in [1.54, 1.807) is 40.0 Å². The number of rotatable bonds is 5. The third kappa shape index (κ3) is 3.98. The Morgan fingerprint density at radius 1 is 1.16 bits per heavy atom. The lowest BCUT2D eigenvalue weighted by molar-refractivity contribution is 0.102. The van der Waals surface area contributed by atoms with Crippen LogP contribution in [0.3, 0.4) is 0 Å². The third-order valence-corrected chi connectivity index (χ3v) is 4.66. The molecule has 3 rings (SSSR count). The highest BCUT2D eigenvalue weighted by atomic mass is 79.9. The van der Waals surface area contributed by atoms with E-state index in [2.05, 4.69) is 47.4 Å². The van der Waals surface area contributed by atoms with Crippen molar-refractivity contribution in [1.82, 2.24) is 19.6 Å². The van der Waals surface area contributed by atoms with E-state index in [0.717, 1.165) is 0 Å². The van der Waals surface area contributed by atoms with Crippen molar-refractivity contribution in [2.24, 2.45) is 0 Å². The zero-order valence-electron chi connectivity index (χ0n) is 13.2. The minimum atomic E-state index is -0.379. The molecule has 0 bridgehead atoms. The molecule has 2 aromatic heterocycles. The standard InChI is InChI=1S/C16H14Br2FN5O/c1-2-23-8-11(17)14(21-23)16(25)20-15-12(18)9-24(22-15)7-10-5-3-4-6-13(10)19/h3-6,8-9H,2,7H2,1H3,(H,20,22,25). The number of aryl methyl sites for hydroxylation is 1. The predicted octanol–water partition coefficient (Wildman–Crippen LogP) is 4.06. The van der Waals surface area contributed by atoms with Crippen LogP contribution in [0, 0.1) is 5.82 Å². The van der Waals surface area contributed by atoms with Gasteiger partial charge in [0.25, 0.3) is 5.91 Å². The second kappa shape index (κ2) is 7.49.